The lowest BCUT2D eigenvalue weighted by Crippen LogP contribution is -2.34. The van der Waals surface area contributed by atoms with E-state index in [4.69, 9.17) is 5.73 Å². The van der Waals surface area contributed by atoms with Gasteiger partial charge < -0.3 is 11.1 Å². The summed E-state index contributed by atoms with van der Waals surface area (Å²) >= 11 is 0. The number of hydrogen-bond acceptors (Lipinski definition) is 3. The van der Waals surface area contributed by atoms with Crippen molar-refractivity contribution in [3.63, 3.8) is 0 Å². The van der Waals surface area contributed by atoms with Crippen LogP contribution in [-0.2, 0) is 17.9 Å². The van der Waals surface area contributed by atoms with Crippen LogP contribution in [0.15, 0.2) is 24.3 Å². The van der Waals surface area contributed by atoms with Gasteiger partial charge in [-0.05, 0) is 50.3 Å². The molecule has 2 fully saturated rings. The van der Waals surface area contributed by atoms with Gasteiger partial charge in [0.05, 0.1) is 0 Å². The Labute approximate surface area is 176 Å². The minimum Gasteiger partial charge on any atom is -0.352 e. The lowest BCUT2D eigenvalue weighted by molar-refractivity contribution is -0.125. The Morgan fingerprint density at radius 3 is 2.37 bits per heavy atom. The van der Waals surface area contributed by atoms with E-state index in [1.54, 1.807) is 0 Å². The standard InChI is InChI=1S/C21H33N3O.2ClH/c1-24(20-9-3-2-4-10-20)15-18-8-6-5-7-17(18)14-23-21(25)16-11-12-19(22)13-16;;/h5-8,16,19-20H,2-4,9-15,22H2,1H3,(H,23,25);2*1H. The van der Waals surface area contributed by atoms with E-state index in [1.807, 2.05) is 0 Å². The van der Waals surface area contributed by atoms with E-state index in [0.717, 1.165) is 25.8 Å². The average Bonchev–Trinajstić information content (AvgIpc) is 3.08. The summed E-state index contributed by atoms with van der Waals surface area (Å²) in [5, 5.41) is 3.14. The zero-order valence-corrected chi connectivity index (χ0v) is 18.0. The molecule has 2 unspecified atom stereocenters. The van der Waals surface area contributed by atoms with E-state index < -0.39 is 0 Å². The van der Waals surface area contributed by atoms with Gasteiger partial charge >= 0.3 is 0 Å². The molecule has 3 N–H and O–H groups in total. The van der Waals surface area contributed by atoms with Gasteiger partial charge in [0.1, 0.15) is 0 Å². The maximum atomic E-state index is 12.4. The third-order valence-corrected chi connectivity index (χ3v) is 6.03. The quantitative estimate of drug-likeness (QED) is 0.736. The van der Waals surface area contributed by atoms with E-state index in [2.05, 4.69) is 41.5 Å². The average molecular weight is 416 g/mol. The van der Waals surface area contributed by atoms with Crippen LogP contribution in [0.1, 0.15) is 62.5 Å². The number of nitrogens with zero attached hydrogens (tertiary/aromatic N) is 1. The Kier molecular flexibility index (Phi) is 10.7. The van der Waals surface area contributed by atoms with Gasteiger partial charge in [0.25, 0.3) is 0 Å². The SMILES string of the molecule is CN(Cc1ccccc1CNC(=O)C1CCC(N)C1)C1CCCCC1.Cl.Cl. The predicted octanol–water partition coefficient (Wildman–Crippen LogP) is 4.04. The number of benzene rings is 1. The maximum Gasteiger partial charge on any atom is 0.223 e. The largest absolute Gasteiger partial charge is 0.352 e. The van der Waals surface area contributed by atoms with Crippen LogP contribution in [0.25, 0.3) is 0 Å². The number of carbonyl (C=O) groups is 1. The monoisotopic (exact) mass is 415 g/mol. The van der Waals surface area contributed by atoms with Gasteiger partial charge in [0.2, 0.25) is 5.91 Å². The Balaban J connectivity index is 0.00000182. The summed E-state index contributed by atoms with van der Waals surface area (Å²) in [7, 11) is 2.24. The van der Waals surface area contributed by atoms with Crippen LogP contribution in [0.5, 0.6) is 0 Å². The van der Waals surface area contributed by atoms with E-state index in [0.29, 0.717) is 12.6 Å². The molecule has 1 aromatic rings. The van der Waals surface area contributed by atoms with Gasteiger partial charge in [-0.15, -0.1) is 24.8 Å². The Bertz CT molecular complexity index is 578. The van der Waals surface area contributed by atoms with Crippen LogP contribution in [0.2, 0.25) is 0 Å². The molecule has 0 spiro atoms. The van der Waals surface area contributed by atoms with Crippen molar-refractivity contribution in [2.45, 2.75) is 76.5 Å². The molecule has 27 heavy (non-hydrogen) atoms. The van der Waals surface area contributed by atoms with Crippen molar-refractivity contribution in [1.29, 1.82) is 0 Å². The predicted molar refractivity (Wildman–Crippen MR) is 116 cm³/mol. The number of rotatable bonds is 6. The molecular formula is C21H35Cl2N3O. The summed E-state index contributed by atoms with van der Waals surface area (Å²) in [4.78, 5) is 14.9. The van der Waals surface area contributed by atoms with Crippen molar-refractivity contribution in [2.24, 2.45) is 11.7 Å². The molecule has 154 valence electrons. The second kappa shape index (κ2) is 11.9. The van der Waals surface area contributed by atoms with Crippen molar-refractivity contribution in [2.75, 3.05) is 7.05 Å². The first kappa shape index (κ1) is 24.2. The number of amides is 1. The number of nitrogens with two attached hydrogens (primary N) is 1. The highest BCUT2D eigenvalue weighted by Crippen LogP contribution is 2.25. The van der Waals surface area contributed by atoms with Crippen LogP contribution in [0.3, 0.4) is 0 Å². The summed E-state index contributed by atoms with van der Waals surface area (Å²) in [6.45, 7) is 1.59. The van der Waals surface area contributed by atoms with Crippen molar-refractivity contribution >= 4 is 30.7 Å². The fourth-order valence-corrected chi connectivity index (χ4v) is 4.39. The minimum atomic E-state index is 0. The molecule has 0 bridgehead atoms. The molecule has 0 aromatic heterocycles. The van der Waals surface area contributed by atoms with Crippen molar-refractivity contribution in [3.05, 3.63) is 35.4 Å². The highest BCUT2D eigenvalue weighted by molar-refractivity contribution is 5.85. The zero-order chi connectivity index (χ0) is 17.6. The Morgan fingerprint density at radius 1 is 1.07 bits per heavy atom. The van der Waals surface area contributed by atoms with Crippen LogP contribution >= 0.6 is 24.8 Å². The van der Waals surface area contributed by atoms with E-state index in [9.17, 15) is 4.79 Å². The normalized spacial score (nSPS) is 22.8. The molecule has 0 aliphatic heterocycles. The Morgan fingerprint density at radius 2 is 1.74 bits per heavy atom. The van der Waals surface area contributed by atoms with Crippen LogP contribution in [0, 0.1) is 5.92 Å². The summed E-state index contributed by atoms with van der Waals surface area (Å²) in [6, 6.07) is 9.42. The minimum absolute atomic E-state index is 0. The number of hydrogen-bond donors (Lipinski definition) is 2. The molecule has 2 atom stereocenters. The lowest BCUT2D eigenvalue weighted by Gasteiger charge is -2.31. The molecule has 0 radical (unpaired) electrons. The molecule has 1 aromatic carbocycles. The van der Waals surface area contributed by atoms with Gasteiger partial charge in [-0.1, -0.05) is 43.5 Å². The molecule has 4 nitrogen and oxygen atoms in total. The molecule has 2 aliphatic rings. The fraction of sp³-hybridized carbons (Fsp3) is 0.667. The first-order chi connectivity index (χ1) is 12.1. The molecule has 2 saturated carbocycles. The topological polar surface area (TPSA) is 58.4 Å². The third-order valence-electron chi connectivity index (χ3n) is 6.03. The molecule has 2 aliphatic carbocycles. The molecule has 3 rings (SSSR count). The Hall–Kier alpha value is -0.810. The van der Waals surface area contributed by atoms with Gasteiger partial charge in [-0.25, -0.2) is 0 Å². The summed E-state index contributed by atoms with van der Waals surface area (Å²) in [6.07, 6.45) is 9.47. The second-order valence-electron chi connectivity index (χ2n) is 7.96. The van der Waals surface area contributed by atoms with Crippen molar-refractivity contribution in [3.8, 4) is 0 Å². The van der Waals surface area contributed by atoms with E-state index >= 15 is 0 Å². The first-order valence-electron chi connectivity index (χ1n) is 9.94. The number of carbonyl (C=O) groups excluding carboxylic acids is 1. The highest BCUT2D eigenvalue weighted by Gasteiger charge is 2.27. The third kappa shape index (κ3) is 6.94. The molecule has 0 saturated heterocycles. The highest BCUT2D eigenvalue weighted by atomic mass is 35.5. The van der Waals surface area contributed by atoms with Gasteiger partial charge in [0, 0.05) is 31.1 Å². The molecule has 6 heteroatoms. The molecule has 0 heterocycles. The van der Waals surface area contributed by atoms with Gasteiger partial charge in [-0.2, -0.15) is 0 Å². The number of halogens is 2. The smallest absolute Gasteiger partial charge is 0.223 e. The van der Waals surface area contributed by atoms with Gasteiger partial charge in [-0.3, -0.25) is 9.69 Å². The van der Waals surface area contributed by atoms with Crippen molar-refractivity contribution < 1.29 is 4.79 Å². The van der Waals surface area contributed by atoms with Crippen LogP contribution in [0.4, 0.5) is 0 Å². The summed E-state index contributed by atoms with van der Waals surface area (Å²) < 4.78 is 0. The maximum absolute atomic E-state index is 12.4. The summed E-state index contributed by atoms with van der Waals surface area (Å²) in [5.41, 5.74) is 8.50. The van der Waals surface area contributed by atoms with Crippen molar-refractivity contribution in [1.82, 2.24) is 10.2 Å². The van der Waals surface area contributed by atoms with Gasteiger partial charge in [0.15, 0.2) is 0 Å². The number of nitrogens with one attached hydrogen (secondary N) is 1. The molecule has 1 amide bonds. The zero-order valence-electron chi connectivity index (χ0n) is 16.4. The van der Waals surface area contributed by atoms with Crippen LogP contribution < -0.4 is 11.1 Å². The van der Waals surface area contributed by atoms with Crippen LogP contribution in [-0.4, -0.2) is 29.9 Å². The summed E-state index contributed by atoms with van der Waals surface area (Å²) in [5.74, 6) is 0.274. The van der Waals surface area contributed by atoms with E-state index in [1.165, 1.54) is 43.2 Å². The fourth-order valence-electron chi connectivity index (χ4n) is 4.39. The second-order valence-corrected chi connectivity index (χ2v) is 7.96. The first-order valence-corrected chi connectivity index (χ1v) is 9.94. The van der Waals surface area contributed by atoms with E-state index in [-0.39, 0.29) is 42.7 Å². The molecular weight excluding hydrogens is 381 g/mol. The lowest BCUT2D eigenvalue weighted by atomic mass is 9.94.